The summed E-state index contributed by atoms with van der Waals surface area (Å²) >= 11 is 0. The molecule has 0 spiro atoms. The van der Waals surface area contributed by atoms with Gasteiger partial charge in [-0.25, -0.2) is 8.42 Å². The van der Waals surface area contributed by atoms with Crippen molar-refractivity contribution in [2.24, 2.45) is 0 Å². The molecular formula is C12H14F3NO3S. The van der Waals surface area contributed by atoms with E-state index in [1.807, 2.05) is 0 Å². The third kappa shape index (κ3) is 2.68. The van der Waals surface area contributed by atoms with Crippen molar-refractivity contribution < 1.29 is 26.7 Å². The van der Waals surface area contributed by atoms with Crippen LogP contribution in [0, 0.1) is 6.92 Å². The normalized spacial score (nSPS) is 18.1. The summed E-state index contributed by atoms with van der Waals surface area (Å²) in [6.45, 7) is 1.30. The maximum absolute atomic E-state index is 12.8. The first kappa shape index (κ1) is 15.3. The highest BCUT2D eigenvalue weighted by atomic mass is 32.2. The summed E-state index contributed by atoms with van der Waals surface area (Å²) in [7, 11) is -4.27. The fourth-order valence-electron chi connectivity index (χ4n) is 1.87. The zero-order valence-corrected chi connectivity index (χ0v) is 11.5. The van der Waals surface area contributed by atoms with Crippen molar-refractivity contribution >= 4 is 10.0 Å². The summed E-state index contributed by atoms with van der Waals surface area (Å²) in [6, 6.07) is 3.86. The number of sulfonamides is 1. The van der Waals surface area contributed by atoms with Gasteiger partial charge in [-0.15, -0.1) is 0 Å². The second-order valence-corrected chi connectivity index (χ2v) is 6.61. The molecule has 0 saturated heterocycles. The summed E-state index contributed by atoms with van der Waals surface area (Å²) in [4.78, 5) is -0.275. The number of benzene rings is 1. The molecule has 0 heterocycles. The lowest BCUT2D eigenvalue weighted by atomic mass is 10.1. The van der Waals surface area contributed by atoms with E-state index < -0.39 is 21.7 Å². The molecule has 1 saturated carbocycles. The average Bonchev–Trinajstić information content (AvgIpc) is 3.09. The minimum atomic E-state index is -4.61. The second kappa shape index (κ2) is 4.71. The molecule has 1 aliphatic rings. The molecule has 0 unspecified atom stereocenters. The van der Waals surface area contributed by atoms with Gasteiger partial charge in [0.2, 0.25) is 10.0 Å². The van der Waals surface area contributed by atoms with E-state index in [1.165, 1.54) is 18.2 Å². The van der Waals surface area contributed by atoms with E-state index in [0.717, 1.165) is 0 Å². The van der Waals surface area contributed by atoms with Crippen LogP contribution >= 0.6 is 0 Å². The zero-order valence-electron chi connectivity index (χ0n) is 10.7. The van der Waals surface area contributed by atoms with E-state index in [4.69, 9.17) is 5.11 Å². The van der Waals surface area contributed by atoms with E-state index in [1.54, 1.807) is 11.6 Å². The fraction of sp³-hybridized carbons (Fsp3) is 0.500. The molecule has 0 aromatic heterocycles. The minimum absolute atomic E-state index is 0.256. The lowest BCUT2D eigenvalue weighted by Crippen LogP contribution is -2.47. The van der Waals surface area contributed by atoms with Crippen LogP contribution in [0.5, 0.6) is 0 Å². The topological polar surface area (TPSA) is 66.4 Å². The molecule has 0 bridgehead atoms. The number of halogens is 3. The van der Waals surface area contributed by atoms with Crippen LogP contribution in [0.3, 0.4) is 0 Å². The van der Waals surface area contributed by atoms with Gasteiger partial charge in [-0.2, -0.15) is 17.9 Å². The molecule has 2 N–H and O–H groups in total. The summed E-state index contributed by atoms with van der Waals surface area (Å²) in [6.07, 6.45) is -5.12. The van der Waals surface area contributed by atoms with E-state index in [9.17, 15) is 21.6 Å². The van der Waals surface area contributed by atoms with Gasteiger partial charge in [-0.05, 0) is 43.0 Å². The highest BCUT2D eigenvalue weighted by Crippen LogP contribution is 2.49. The molecular weight excluding hydrogens is 295 g/mol. The molecule has 20 heavy (non-hydrogen) atoms. The van der Waals surface area contributed by atoms with Crippen LogP contribution in [0.2, 0.25) is 0 Å². The van der Waals surface area contributed by atoms with E-state index in [-0.39, 0.29) is 24.3 Å². The Morgan fingerprint density at radius 2 is 1.95 bits per heavy atom. The molecule has 2 rings (SSSR count). The van der Waals surface area contributed by atoms with Gasteiger partial charge in [-0.1, -0.05) is 6.07 Å². The van der Waals surface area contributed by atoms with E-state index in [2.05, 4.69) is 0 Å². The molecule has 112 valence electrons. The Bertz CT molecular complexity index is 621. The van der Waals surface area contributed by atoms with Crippen molar-refractivity contribution in [2.75, 3.05) is 0 Å². The first-order chi connectivity index (χ1) is 9.11. The highest BCUT2D eigenvalue weighted by Gasteiger charge is 2.65. The predicted octanol–water partition coefficient (Wildman–Crippen LogP) is 1.86. The fourth-order valence-corrected chi connectivity index (χ4v) is 3.37. The zero-order chi connectivity index (χ0) is 15.2. The Morgan fingerprint density at radius 1 is 1.35 bits per heavy atom. The highest BCUT2D eigenvalue weighted by molar-refractivity contribution is 7.89. The number of hydrogen-bond donors (Lipinski definition) is 2. The Labute approximate surface area is 114 Å². The molecule has 0 atom stereocenters. The van der Waals surface area contributed by atoms with Gasteiger partial charge in [0, 0.05) is 0 Å². The van der Waals surface area contributed by atoms with Crippen molar-refractivity contribution in [3.63, 3.8) is 0 Å². The van der Waals surface area contributed by atoms with E-state index >= 15 is 0 Å². The Balaban J connectivity index is 2.33. The van der Waals surface area contributed by atoms with Gasteiger partial charge < -0.3 is 5.11 Å². The SMILES string of the molecule is Cc1ccc(S(=O)(=O)NC2(C(F)(F)F)CC2)cc1CO. The van der Waals surface area contributed by atoms with Gasteiger partial charge in [0.25, 0.3) is 0 Å². The molecule has 0 aliphatic heterocycles. The molecule has 1 aliphatic carbocycles. The number of aryl methyl sites for hydroxylation is 1. The Morgan fingerprint density at radius 3 is 2.40 bits per heavy atom. The third-order valence-electron chi connectivity index (χ3n) is 3.42. The molecule has 4 nitrogen and oxygen atoms in total. The maximum atomic E-state index is 12.8. The van der Waals surface area contributed by atoms with Crippen LogP contribution in [0.15, 0.2) is 23.1 Å². The lowest BCUT2D eigenvalue weighted by molar-refractivity contribution is -0.160. The van der Waals surface area contributed by atoms with Crippen LogP contribution in [-0.2, 0) is 16.6 Å². The Hall–Kier alpha value is -1.12. The van der Waals surface area contributed by atoms with Crippen molar-refractivity contribution in [1.29, 1.82) is 0 Å². The third-order valence-corrected chi connectivity index (χ3v) is 4.96. The average molecular weight is 309 g/mol. The lowest BCUT2D eigenvalue weighted by Gasteiger charge is -2.20. The van der Waals surface area contributed by atoms with Crippen LogP contribution in [0.4, 0.5) is 13.2 Å². The van der Waals surface area contributed by atoms with Gasteiger partial charge in [0.1, 0.15) is 5.54 Å². The largest absolute Gasteiger partial charge is 0.407 e. The van der Waals surface area contributed by atoms with Crippen LogP contribution in [0.1, 0.15) is 24.0 Å². The number of hydrogen-bond acceptors (Lipinski definition) is 3. The minimum Gasteiger partial charge on any atom is -0.392 e. The van der Waals surface area contributed by atoms with Crippen molar-refractivity contribution in [1.82, 2.24) is 4.72 Å². The van der Waals surface area contributed by atoms with Crippen LogP contribution < -0.4 is 4.72 Å². The number of alkyl halides is 3. The summed E-state index contributed by atoms with van der Waals surface area (Å²) in [5, 5.41) is 9.09. The van der Waals surface area contributed by atoms with Crippen LogP contribution in [0.25, 0.3) is 0 Å². The molecule has 1 aromatic rings. The van der Waals surface area contributed by atoms with Crippen molar-refractivity contribution in [3.8, 4) is 0 Å². The summed E-state index contributed by atoms with van der Waals surface area (Å²) in [5.74, 6) is 0. The molecule has 0 amide bonds. The first-order valence-corrected chi connectivity index (χ1v) is 7.41. The number of rotatable bonds is 4. The molecule has 8 heteroatoms. The predicted molar refractivity (Wildman–Crippen MR) is 65.4 cm³/mol. The molecule has 0 radical (unpaired) electrons. The quantitative estimate of drug-likeness (QED) is 0.892. The smallest absolute Gasteiger partial charge is 0.392 e. The van der Waals surface area contributed by atoms with Gasteiger partial charge in [0.15, 0.2) is 0 Å². The molecule has 1 aromatic carbocycles. The standard InChI is InChI=1S/C12H14F3NO3S/c1-8-2-3-10(6-9(8)7-17)20(18,19)16-11(4-5-11)12(13,14)15/h2-3,6,16-17H,4-5,7H2,1H3. The van der Waals surface area contributed by atoms with Crippen LogP contribution in [-0.4, -0.2) is 25.2 Å². The monoisotopic (exact) mass is 309 g/mol. The second-order valence-electron chi connectivity index (χ2n) is 4.93. The summed E-state index contributed by atoms with van der Waals surface area (Å²) < 4.78 is 64.1. The summed E-state index contributed by atoms with van der Waals surface area (Å²) in [5.41, 5.74) is -1.30. The van der Waals surface area contributed by atoms with Gasteiger partial charge in [-0.3, -0.25) is 0 Å². The first-order valence-electron chi connectivity index (χ1n) is 5.92. The number of aliphatic hydroxyl groups excluding tert-OH is 1. The van der Waals surface area contributed by atoms with Gasteiger partial charge in [0.05, 0.1) is 11.5 Å². The molecule has 1 fully saturated rings. The van der Waals surface area contributed by atoms with Gasteiger partial charge >= 0.3 is 6.18 Å². The van der Waals surface area contributed by atoms with Crippen molar-refractivity contribution in [2.45, 2.75) is 43.0 Å². The Kier molecular flexibility index (Phi) is 3.60. The van der Waals surface area contributed by atoms with E-state index in [0.29, 0.717) is 11.1 Å². The maximum Gasteiger partial charge on any atom is 0.407 e. The number of aliphatic hydroxyl groups is 1. The number of nitrogens with one attached hydrogen (secondary N) is 1. The van der Waals surface area contributed by atoms with Crippen molar-refractivity contribution in [3.05, 3.63) is 29.3 Å².